The number of hydrogen-bond acceptors (Lipinski definition) is 6. The van der Waals surface area contributed by atoms with Crippen LogP contribution in [0.25, 0.3) is 0 Å². The highest BCUT2D eigenvalue weighted by molar-refractivity contribution is 7.89. The molecule has 3 aliphatic rings. The predicted molar refractivity (Wildman–Crippen MR) is 105 cm³/mol. The van der Waals surface area contributed by atoms with Gasteiger partial charge in [-0.1, -0.05) is 12.1 Å². The number of rotatable bonds is 4. The summed E-state index contributed by atoms with van der Waals surface area (Å²) >= 11 is 0. The summed E-state index contributed by atoms with van der Waals surface area (Å²) in [6.07, 6.45) is 2.04. The zero-order valence-electron chi connectivity index (χ0n) is 16.7. The van der Waals surface area contributed by atoms with Gasteiger partial charge in [-0.3, -0.25) is 4.79 Å². The number of benzene rings is 1. The van der Waals surface area contributed by atoms with Crippen molar-refractivity contribution >= 4 is 15.9 Å². The van der Waals surface area contributed by atoms with Gasteiger partial charge in [-0.05, 0) is 31.4 Å². The van der Waals surface area contributed by atoms with Crippen molar-refractivity contribution in [3.63, 3.8) is 0 Å². The van der Waals surface area contributed by atoms with Gasteiger partial charge < -0.3 is 19.1 Å². The number of carbonyl (C=O) groups is 1. The highest BCUT2D eigenvalue weighted by Gasteiger charge is 2.44. The van der Waals surface area contributed by atoms with Gasteiger partial charge in [-0.15, -0.1) is 0 Å². The van der Waals surface area contributed by atoms with E-state index in [2.05, 4.69) is 0 Å². The number of hydrogen-bond donors (Lipinski definition) is 0. The molecule has 1 amide bonds. The van der Waals surface area contributed by atoms with Gasteiger partial charge in [0.1, 0.15) is 22.9 Å². The fraction of sp³-hybridized carbons (Fsp3) is 0.650. The third-order valence-corrected chi connectivity index (χ3v) is 7.89. The van der Waals surface area contributed by atoms with Crippen molar-refractivity contribution in [2.45, 2.75) is 48.8 Å². The molecule has 29 heavy (non-hydrogen) atoms. The Hall–Kier alpha value is -1.68. The normalized spacial score (nSPS) is 29.3. The number of methoxy groups -OCH3 is 1. The number of sulfonamides is 1. The molecule has 3 atom stereocenters. The fourth-order valence-corrected chi connectivity index (χ4v) is 6.21. The van der Waals surface area contributed by atoms with E-state index in [-0.39, 0.29) is 35.6 Å². The molecule has 2 fully saturated rings. The van der Waals surface area contributed by atoms with Gasteiger partial charge in [0.25, 0.3) is 5.91 Å². The molecular weight excluding hydrogens is 396 g/mol. The first-order valence-corrected chi connectivity index (χ1v) is 11.6. The minimum absolute atomic E-state index is 0.00524. The van der Waals surface area contributed by atoms with Crippen molar-refractivity contribution in [2.75, 3.05) is 40.0 Å². The van der Waals surface area contributed by atoms with Crippen molar-refractivity contribution in [3.8, 4) is 5.75 Å². The highest BCUT2D eigenvalue weighted by atomic mass is 32.2. The first-order valence-electron chi connectivity index (χ1n) is 10.2. The van der Waals surface area contributed by atoms with Crippen LogP contribution in [0.5, 0.6) is 5.75 Å². The van der Waals surface area contributed by atoms with E-state index in [1.807, 2.05) is 0 Å². The minimum Gasteiger partial charge on any atom is -0.487 e. The summed E-state index contributed by atoms with van der Waals surface area (Å²) in [6, 6.07) is 6.41. The molecule has 1 aromatic rings. The summed E-state index contributed by atoms with van der Waals surface area (Å²) in [6.45, 7) is 2.18. The third kappa shape index (κ3) is 4.01. The summed E-state index contributed by atoms with van der Waals surface area (Å²) < 4.78 is 45.3. The molecule has 3 heterocycles. The van der Waals surface area contributed by atoms with Crippen LogP contribution in [0.1, 0.15) is 25.7 Å². The second kappa shape index (κ2) is 8.59. The average molecular weight is 425 g/mol. The molecule has 0 N–H and O–H groups in total. The number of carbonyl (C=O) groups excluding carboxylic acids is 1. The maximum Gasteiger partial charge on any atom is 0.251 e. The van der Waals surface area contributed by atoms with Crippen LogP contribution in [-0.2, 0) is 24.3 Å². The highest BCUT2D eigenvalue weighted by Crippen LogP contribution is 2.36. The Labute approximate surface area is 171 Å². The Balaban J connectivity index is 1.62. The molecule has 160 valence electrons. The molecule has 4 rings (SSSR count). The van der Waals surface area contributed by atoms with E-state index in [4.69, 9.17) is 14.2 Å². The number of ether oxygens (including phenoxy) is 3. The van der Waals surface area contributed by atoms with E-state index in [1.165, 1.54) is 4.31 Å². The second-order valence-corrected chi connectivity index (χ2v) is 9.54. The van der Waals surface area contributed by atoms with Gasteiger partial charge in [0.2, 0.25) is 10.0 Å². The van der Waals surface area contributed by atoms with Gasteiger partial charge >= 0.3 is 0 Å². The molecule has 0 aromatic heterocycles. The molecule has 0 unspecified atom stereocenters. The van der Waals surface area contributed by atoms with Crippen LogP contribution in [0.2, 0.25) is 0 Å². The lowest BCUT2D eigenvalue weighted by Gasteiger charge is -2.31. The third-order valence-electron chi connectivity index (χ3n) is 5.92. The lowest BCUT2D eigenvalue weighted by molar-refractivity contribution is -0.140. The standard InChI is InChI=1S/C20H28N2O6S/c1-26-14-12-22-15-8-10-21(20(23)18-6-4-13-27-18)11-9-16(15)28-17-5-2-3-7-19(17)29(22,24)25/h2-3,5,7,15-16,18H,4,6,8-14H2,1H3/t15-,16-,18+/m1/s1. The lowest BCUT2D eigenvalue weighted by Crippen LogP contribution is -2.48. The van der Waals surface area contributed by atoms with Crippen molar-refractivity contribution in [3.05, 3.63) is 24.3 Å². The molecule has 3 aliphatic heterocycles. The van der Waals surface area contributed by atoms with E-state index < -0.39 is 10.0 Å². The fourth-order valence-electron chi connectivity index (χ4n) is 4.42. The summed E-state index contributed by atoms with van der Waals surface area (Å²) in [7, 11) is -2.17. The smallest absolute Gasteiger partial charge is 0.251 e. The maximum absolute atomic E-state index is 13.4. The van der Waals surface area contributed by atoms with E-state index in [0.717, 1.165) is 12.8 Å². The monoisotopic (exact) mass is 424 g/mol. The second-order valence-electron chi connectivity index (χ2n) is 7.68. The lowest BCUT2D eigenvalue weighted by atomic mass is 10.1. The first kappa shape index (κ1) is 20.6. The van der Waals surface area contributed by atoms with Crippen molar-refractivity contribution in [1.29, 1.82) is 0 Å². The Bertz CT molecular complexity index is 839. The zero-order chi connectivity index (χ0) is 20.4. The van der Waals surface area contributed by atoms with Crippen LogP contribution in [0.15, 0.2) is 29.2 Å². The van der Waals surface area contributed by atoms with E-state index in [0.29, 0.717) is 44.9 Å². The van der Waals surface area contributed by atoms with Crippen LogP contribution in [0, 0.1) is 0 Å². The van der Waals surface area contributed by atoms with Crippen molar-refractivity contribution in [2.24, 2.45) is 0 Å². The molecular formula is C20H28N2O6S. The van der Waals surface area contributed by atoms with Crippen LogP contribution < -0.4 is 4.74 Å². The summed E-state index contributed by atoms with van der Waals surface area (Å²) in [4.78, 5) is 14.8. The van der Waals surface area contributed by atoms with Crippen molar-refractivity contribution in [1.82, 2.24) is 9.21 Å². The molecule has 9 heteroatoms. The SMILES string of the molecule is COCCN1[C@@H]2CCN(C(=O)[C@@H]3CCCO3)CC[C@H]2Oc2ccccc2S1(=O)=O. The van der Waals surface area contributed by atoms with Crippen molar-refractivity contribution < 1.29 is 27.4 Å². The molecule has 2 saturated heterocycles. The molecule has 1 aromatic carbocycles. The Morgan fingerprint density at radius 1 is 1.21 bits per heavy atom. The zero-order valence-corrected chi connectivity index (χ0v) is 17.5. The topological polar surface area (TPSA) is 85.4 Å². The Morgan fingerprint density at radius 3 is 2.76 bits per heavy atom. The summed E-state index contributed by atoms with van der Waals surface area (Å²) in [5.41, 5.74) is 0. The van der Waals surface area contributed by atoms with Gasteiger partial charge in [-0.2, -0.15) is 4.31 Å². The molecule has 0 aliphatic carbocycles. The van der Waals surface area contributed by atoms with Gasteiger partial charge in [0.15, 0.2) is 0 Å². The van der Waals surface area contributed by atoms with Crippen LogP contribution >= 0.6 is 0 Å². The van der Waals surface area contributed by atoms with Crippen LogP contribution in [0.3, 0.4) is 0 Å². The minimum atomic E-state index is -3.73. The Kier molecular flexibility index (Phi) is 6.10. The number of nitrogens with zero attached hydrogens (tertiary/aromatic N) is 2. The first-order chi connectivity index (χ1) is 14.0. The number of amides is 1. The molecule has 0 saturated carbocycles. The number of likely N-dealkylation sites (tertiary alicyclic amines) is 1. The Morgan fingerprint density at radius 2 is 2.00 bits per heavy atom. The van der Waals surface area contributed by atoms with E-state index in [9.17, 15) is 13.2 Å². The van der Waals surface area contributed by atoms with Crippen LogP contribution in [0.4, 0.5) is 0 Å². The molecule has 0 radical (unpaired) electrons. The number of para-hydroxylation sites is 1. The predicted octanol–water partition coefficient (Wildman–Crippen LogP) is 1.25. The van der Waals surface area contributed by atoms with Gasteiger partial charge in [0, 0.05) is 39.8 Å². The summed E-state index contributed by atoms with van der Waals surface area (Å²) in [5.74, 6) is 0.381. The van der Waals surface area contributed by atoms with Gasteiger partial charge in [-0.25, -0.2) is 8.42 Å². The van der Waals surface area contributed by atoms with Crippen LogP contribution in [-0.4, -0.2) is 81.7 Å². The van der Waals surface area contributed by atoms with E-state index in [1.54, 1.807) is 36.3 Å². The maximum atomic E-state index is 13.4. The van der Waals surface area contributed by atoms with E-state index >= 15 is 0 Å². The molecule has 0 spiro atoms. The average Bonchev–Trinajstić information content (AvgIpc) is 3.15. The number of fused-ring (bicyclic) bond motifs is 2. The molecule has 8 nitrogen and oxygen atoms in total. The quantitative estimate of drug-likeness (QED) is 0.723. The van der Waals surface area contributed by atoms with Gasteiger partial charge in [0.05, 0.1) is 12.6 Å². The summed E-state index contributed by atoms with van der Waals surface area (Å²) in [5, 5.41) is 0. The molecule has 0 bridgehead atoms. The largest absolute Gasteiger partial charge is 0.487 e.